The fourth-order valence-electron chi connectivity index (χ4n) is 1.22. The predicted octanol–water partition coefficient (Wildman–Crippen LogP) is 5.68. The third-order valence-electron chi connectivity index (χ3n) is 3.40. The van der Waals surface area contributed by atoms with Crippen molar-refractivity contribution in [1.29, 1.82) is 0 Å². The summed E-state index contributed by atoms with van der Waals surface area (Å²) in [6.07, 6.45) is 4.50. The Hall–Kier alpha value is 0.387. The van der Waals surface area contributed by atoms with E-state index < -0.39 is 8.32 Å². The molecule has 0 aromatic rings. The normalized spacial score (nSPS) is 15.2. The first-order chi connectivity index (χ1) is 7.60. The topological polar surface area (TPSA) is 9.23 Å². The molecule has 0 N–H and O–H groups in total. The molecule has 0 bridgehead atoms. The van der Waals surface area contributed by atoms with Crippen LogP contribution in [0.2, 0.25) is 18.1 Å². The molecule has 0 spiro atoms. The SMILES string of the molecule is C=C(C)CCC(/C=C\I)O[Si](C)(C)C(C)(C)C. The minimum atomic E-state index is -1.66. The highest BCUT2D eigenvalue weighted by atomic mass is 127. The van der Waals surface area contributed by atoms with E-state index in [2.05, 4.69) is 80.1 Å². The van der Waals surface area contributed by atoms with Gasteiger partial charge in [0.15, 0.2) is 8.32 Å². The van der Waals surface area contributed by atoms with Gasteiger partial charge in [-0.2, -0.15) is 0 Å². The highest BCUT2D eigenvalue weighted by Gasteiger charge is 2.38. The number of hydrogen-bond acceptors (Lipinski definition) is 1. The van der Waals surface area contributed by atoms with Gasteiger partial charge in [0.05, 0.1) is 6.10 Å². The molecular formula is C14H27IOSi. The molecular weight excluding hydrogens is 339 g/mol. The molecule has 0 heterocycles. The van der Waals surface area contributed by atoms with E-state index in [1.54, 1.807) is 0 Å². The largest absolute Gasteiger partial charge is 0.411 e. The fourth-order valence-corrected chi connectivity index (χ4v) is 2.99. The van der Waals surface area contributed by atoms with E-state index in [1.807, 2.05) is 0 Å². The molecule has 0 aliphatic rings. The molecule has 1 nitrogen and oxygen atoms in total. The van der Waals surface area contributed by atoms with Crippen LogP contribution >= 0.6 is 22.6 Å². The summed E-state index contributed by atoms with van der Waals surface area (Å²) in [6, 6.07) is 0. The Balaban J connectivity index is 4.59. The Labute approximate surface area is 122 Å². The van der Waals surface area contributed by atoms with E-state index in [0.717, 1.165) is 12.8 Å². The summed E-state index contributed by atoms with van der Waals surface area (Å²) in [7, 11) is -1.66. The molecule has 3 heteroatoms. The van der Waals surface area contributed by atoms with Gasteiger partial charge in [-0.05, 0) is 42.0 Å². The van der Waals surface area contributed by atoms with Crippen molar-refractivity contribution in [3.63, 3.8) is 0 Å². The number of allylic oxidation sites excluding steroid dienone is 1. The molecule has 0 amide bonds. The van der Waals surface area contributed by atoms with Crippen LogP contribution < -0.4 is 0 Å². The second kappa shape index (κ2) is 7.09. The Bertz CT molecular complexity index is 276. The fraction of sp³-hybridized carbons (Fsp3) is 0.714. The minimum absolute atomic E-state index is 0.240. The number of halogens is 1. The second-order valence-corrected chi connectivity index (χ2v) is 11.7. The lowest BCUT2D eigenvalue weighted by Gasteiger charge is -2.38. The van der Waals surface area contributed by atoms with Crippen molar-refractivity contribution >= 4 is 30.9 Å². The second-order valence-electron chi connectivity index (χ2n) is 6.23. The number of rotatable bonds is 6. The third-order valence-corrected chi connectivity index (χ3v) is 8.31. The Morgan fingerprint density at radius 3 is 2.29 bits per heavy atom. The molecule has 0 aromatic carbocycles. The minimum Gasteiger partial charge on any atom is -0.411 e. The molecule has 0 aliphatic heterocycles. The third kappa shape index (κ3) is 6.77. The highest BCUT2D eigenvalue weighted by Crippen LogP contribution is 2.38. The average Bonchev–Trinajstić information content (AvgIpc) is 2.12. The van der Waals surface area contributed by atoms with Gasteiger partial charge in [-0.3, -0.25) is 0 Å². The molecule has 0 aliphatic carbocycles. The summed E-state index contributed by atoms with van der Waals surface area (Å²) in [5.74, 6) is 0. The van der Waals surface area contributed by atoms with E-state index in [0.29, 0.717) is 0 Å². The Morgan fingerprint density at radius 1 is 1.41 bits per heavy atom. The summed E-state index contributed by atoms with van der Waals surface area (Å²) in [6.45, 7) is 17.5. The van der Waals surface area contributed by atoms with Gasteiger partial charge in [-0.25, -0.2) is 0 Å². The Morgan fingerprint density at radius 2 is 1.94 bits per heavy atom. The van der Waals surface area contributed by atoms with Crippen molar-refractivity contribution in [3.8, 4) is 0 Å². The predicted molar refractivity (Wildman–Crippen MR) is 89.3 cm³/mol. The molecule has 0 saturated carbocycles. The van der Waals surface area contributed by atoms with Gasteiger partial charge in [0, 0.05) is 0 Å². The maximum absolute atomic E-state index is 6.40. The van der Waals surface area contributed by atoms with Gasteiger partial charge in [0.2, 0.25) is 0 Å². The van der Waals surface area contributed by atoms with E-state index in [4.69, 9.17) is 4.43 Å². The molecule has 1 unspecified atom stereocenters. The first-order valence-corrected chi connectivity index (χ1v) is 10.3. The summed E-state index contributed by atoms with van der Waals surface area (Å²) in [5, 5.41) is 0.271. The maximum atomic E-state index is 6.40. The van der Waals surface area contributed by atoms with Gasteiger partial charge in [-0.1, -0.05) is 55.0 Å². The van der Waals surface area contributed by atoms with Crippen LogP contribution in [-0.2, 0) is 4.43 Å². The summed E-state index contributed by atoms with van der Waals surface area (Å²) < 4.78 is 8.46. The monoisotopic (exact) mass is 366 g/mol. The van der Waals surface area contributed by atoms with Crippen molar-refractivity contribution < 1.29 is 4.43 Å². The molecule has 0 aromatic heterocycles. The van der Waals surface area contributed by atoms with Crippen molar-refractivity contribution in [2.45, 2.75) is 64.8 Å². The number of hydrogen-bond donors (Lipinski definition) is 0. The summed E-state index contributed by atoms with van der Waals surface area (Å²) in [4.78, 5) is 0. The zero-order chi connectivity index (χ0) is 13.7. The van der Waals surface area contributed by atoms with E-state index in [9.17, 15) is 0 Å². The smallest absolute Gasteiger partial charge is 0.192 e. The molecule has 1 atom stereocenters. The van der Waals surface area contributed by atoms with Crippen LogP contribution in [0.4, 0.5) is 0 Å². The summed E-state index contributed by atoms with van der Waals surface area (Å²) >= 11 is 2.26. The summed E-state index contributed by atoms with van der Waals surface area (Å²) in [5.41, 5.74) is 1.23. The zero-order valence-electron chi connectivity index (χ0n) is 12.1. The van der Waals surface area contributed by atoms with E-state index in [1.165, 1.54) is 5.57 Å². The van der Waals surface area contributed by atoms with Gasteiger partial charge in [0.1, 0.15) is 0 Å². The van der Waals surface area contributed by atoms with Crippen molar-refractivity contribution in [2.24, 2.45) is 0 Å². The molecule has 0 radical (unpaired) electrons. The highest BCUT2D eigenvalue weighted by molar-refractivity contribution is 14.1. The maximum Gasteiger partial charge on any atom is 0.192 e. The van der Waals surface area contributed by atoms with E-state index in [-0.39, 0.29) is 11.1 Å². The lowest BCUT2D eigenvalue weighted by atomic mass is 10.1. The van der Waals surface area contributed by atoms with Crippen LogP contribution in [0, 0.1) is 0 Å². The van der Waals surface area contributed by atoms with Gasteiger partial charge >= 0.3 is 0 Å². The van der Waals surface area contributed by atoms with Gasteiger partial charge in [-0.15, -0.1) is 6.58 Å². The first kappa shape index (κ1) is 17.4. The van der Waals surface area contributed by atoms with Crippen LogP contribution in [0.5, 0.6) is 0 Å². The molecule has 17 heavy (non-hydrogen) atoms. The molecule has 0 saturated heterocycles. The van der Waals surface area contributed by atoms with Crippen LogP contribution in [0.15, 0.2) is 22.3 Å². The average molecular weight is 366 g/mol. The van der Waals surface area contributed by atoms with E-state index >= 15 is 0 Å². The molecule has 0 rings (SSSR count). The van der Waals surface area contributed by atoms with Crippen LogP contribution in [0.3, 0.4) is 0 Å². The molecule has 100 valence electrons. The van der Waals surface area contributed by atoms with Gasteiger partial charge in [0.25, 0.3) is 0 Å². The zero-order valence-corrected chi connectivity index (χ0v) is 15.3. The lowest BCUT2D eigenvalue weighted by Crippen LogP contribution is -2.43. The van der Waals surface area contributed by atoms with Crippen molar-refractivity contribution in [2.75, 3.05) is 0 Å². The lowest BCUT2D eigenvalue weighted by molar-refractivity contribution is 0.215. The van der Waals surface area contributed by atoms with Gasteiger partial charge < -0.3 is 4.43 Å². The van der Waals surface area contributed by atoms with Crippen molar-refractivity contribution in [1.82, 2.24) is 0 Å². The Kier molecular flexibility index (Phi) is 7.25. The van der Waals surface area contributed by atoms with Crippen LogP contribution in [-0.4, -0.2) is 14.4 Å². The molecule has 0 fully saturated rings. The van der Waals surface area contributed by atoms with Crippen molar-refractivity contribution in [3.05, 3.63) is 22.3 Å². The quantitative estimate of drug-likeness (QED) is 0.334. The first-order valence-electron chi connectivity index (χ1n) is 6.19. The van der Waals surface area contributed by atoms with Crippen LogP contribution in [0.1, 0.15) is 40.5 Å². The van der Waals surface area contributed by atoms with Crippen LogP contribution in [0.25, 0.3) is 0 Å². The standard InChI is InChI=1S/C14H27IOSi/c1-12(2)8-9-13(10-11-15)16-17(6,7)14(3,4)5/h10-11,13H,1,8-9H2,2-7H3/b11-10-.